The first-order chi connectivity index (χ1) is 12.7. The number of aliphatic carboxylic acids is 1. The van der Waals surface area contributed by atoms with E-state index in [2.05, 4.69) is 10.3 Å². The molecule has 0 saturated heterocycles. The number of carboxylic acids is 1. The predicted octanol–water partition coefficient (Wildman–Crippen LogP) is 2.36. The van der Waals surface area contributed by atoms with Gasteiger partial charge in [-0.25, -0.2) is 4.98 Å². The molecular weight excluding hydrogens is 332 g/mol. The molecule has 3 N–H and O–H groups in total. The minimum absolute atomic E-state index is 0.0946. The van der Waals surface area contributed by atoms with Gasteiger partial charge in [0.05, 0.1) is 25.2 Å². The molecule has 0 bridgehead atoms. The summed E-state index contributed by atoms with van der Waals surface area (Å²) in [6, 6.07) is 12.6. The van der Waals surface area contributed by atoms with Crippen LogP contribution in [0.2, 0.25) is 0 Å². The molecule has 1 saturated carbocycles. The van der Waals surface area contributed by atoms with Gasteiger partial charge < -0.3 is 20.3 Å². The highest BCUT2D eigenvalue weighted by atomic mass is 16.5. The summed E-state index contributed by atoms with van der Waals surface area (Å²) in [5.41, 5.74) is 1.80. The van der Waals surface area contributed by atoms with Crippen molar-refractivity contribution >= 4 is 5.97 Å². The second-order valence-corrected chi connectivity index (χ2v) is 6.51. The molecule has 26 heavy (non-hydrogen) atoms. The van der Waals surface area contributed by atoms with Crippen LogP contribution in [-0.4, -0.2) is 40.4 Å². The lowest BCUT2D eigenvalue weighted by atomic mass is 10.1. The van der Waals surface area contributed by atoms with Crippen molar-refractivity contribution in [2.75, 3.05) is 13.2 Å². The molecule has 0 spiro atoms. The van der Waals surface area contributed by atoms with Crippen molar-refractivity contribution in [3.63, 3.8) is 0 Å². The van der Waals surface area contributed by atoms with Crippen molar-refractivity contribution in [1.29, 1.82) is 0 Å². The van der Waals surface area contributed by atoms with E-state index in [-0.39, 0.29) is 24.6 Å². The molecule has 2 aromatic rings. The lowest BCUT2D eigenvalue weighted by molar-refractivity contribution is -0.138. The van der Waals surface area contributed by atoms with Crippen LogP contribution in [0.1, 0.15) is 36.4 Å². The summed E-state index contributed by atoms with van der Waals surface area (Å²) < 4.78 is 5.47. The zero-order valence-corrected chi connectivity index (χ0v) is 14.7. The Morgan fingerprint density at radius 3 is 2.62 bits per heavy atom. The molecule has 1 unspecified atom stereocenters. The third kappa shape index (κ3) is 4.03. The van der Waals surface area contributed by atoms with Gasteiger partial charge in [0, 0.05) is 24.2 Å². The van der Waals surface area contributed by atoms with Crippen LogP contribution in [-0.2, 0) is 4.79 Å². The van der Waals surface area contributed by atoms with Crippen LogP contribution in [0.15, 0.2) is 48.7 Å². The summed E-state index contributed by atoms with van der Waals surface area (Å²) in [7, 11) is 0. The molecule has 0 amide bonds. The number of carbonyl (C=O) groups is 1. The zero-order valence-electron chi connectivity index (χ0n) is 14.7. The van der Waals surface area contributed by atoms with Crippen molar-refractivity contribution in [1.82, 2.24) is 10.3 Å². The Hall–Kier alpha value is -2.44. The van der Waals surface area contributed by atoms with E-state index in [1.54, 1.807) is 12.3 Å². The second kappa shape index (κ2) is 8.29. The van der Waals surface area contributed by atoms with Crippen molar-refractivity contribution in [2.24, 2.45) is 5.92 Å². The van der Waals surface area contributed by atoms with Crippen molar-refractivity contribution in [2.45, 2.75) is 31.3 Å². The summed E-state index contributed by atoms with van der Waals surface area (Å²) in [5.74, 6) is -0.867. The van der Waals surface area contributed by atoms with Gasteiger partial charge in [0.15, 0.2) is 0 Å². The number of nitrogens with one attached hydrogen (secondary N) is 1. The number of aliphatic hydroxyl groups is 1. The molecule has 0 aliphatic heterocycles. The van der Waals surface area contributed by atoms with E-state index in [1.807, 2.05) is 43.3 Å². The van der Waals surface area contributed by atoms with Crippen LogP contribution >= 0.6 is 0 Å². The van der Waals surface area contributed by atoms with Gasteiger partial charge in [0.25, 0.3) is 0 Å². The molecule has 3 rings (SSSR count). The Labute approximate surface area is 152 Å². The van der Waals surface area contributed by atoms with Gasteiger partial charge in [-0.2, -0.15) is 0 Å². The van der Waals surface area contributed by atoms with Gasteiger partial charge >= 0.3 is 5.97 Å². The number of ether oxygens (including phenoxy) is 1. The monoisotopic (exact) mass is 356 g/mol. The normalized spacial score (nSPS) is 22.6. The molecular formula is C20H24N2O4. The van der Waals surface area contributed by atoms with E-state index >= 15 is 0 Å². The Morgan fingerprint density at radius 2 is 2.04 bits per heavy atom. The maximum atomic E-state index is 11.6. The van der Waals surface area contributed by atoms with Crippen LogP contribution in [0.25, 0.3) is 0 Å². The fraction of sp³-hybridized carbons (Fsp3) is 0.400. The van der Waals surface area contributed by atoms with Crippen molar-refractivity contribution in [3.8, 4) is 5.88 Å². The number of aromatic nitrogens is 1. The molecule has 1 aliphatic carbocycles. The van der Waals surface area contributed by atoms with E-state index in [9.17, 15) is 15.0 Å². The molecule has 1 aromatic heterocycles. The standard InChI is InChI=1S/C20H24N2O4/c1-2-10-26-16-9-8-14(11-21-16)15(12-23)22-19-17(18(19)20(24)25)13-6-4-3-5-7-13/h3-9,11,15,17-19,22-23H,2,10,12H2,1H3,(H,24,25)/t15-,17+,18+,19?/m0/s1. The van der Waals surface area contributed by atoms with Gasteiger partial charge in [-0.15, -0.1) is 0 Å². The van der Waals surface area contributed by atoms with E-state index < -0.39 is 11.9 Å². The van der Waals surface area contributed by atoms with E-state index in [1.165, 1.54) is 0 Å². The molecule has 6 heteroatoms. The summed E-state index contributed by atoms with van der Waals surface area (Å²) in [6.07, 6.45) is 2.57. The van der Waals surface area contributed by atoms with Crippen LogP contribution in [0, 0.1) is 5.92 Å². The molecule has 0 radical (unpaired) electrons. The summed E-state index contributed by atoms with van der Waals surface area (Å²) in [4.78, 5) is 15.8. The predicted molar refractivity (Wildman–Crippen MR) is 97.1 cm³/mol. The van der Waals surface area contributed by atoms with Crippen LogP contribution in [0.5, 0.6) is 5.88 Å². The van der Waals surface area contributed by atoms with Gasteiger partial charge in [-0.05, 0) is 17.5 Å². The van der Waals surface area contributed by atoms with Gasteiger partial charge in [0.2, 0.25) is 5.88 Å². The lowest BCUT2D eigenvalue weighted by Gasteiger charge is -2.17. The molecule has 1 aromatic carbocycles. The molecule has 4 atom stereocenters. The van der Waals surface area contributed by atoms with Gasteiger partial charge in [-0.1, -0.05) is 43.3 Å². The smallest absolute Gasteiger partial charge is 0.308 e. The zero-order chi connectivity index (χ0) is 18.5. The van der Waals surface area contributed by atoms with Crippen molar-refractivity contribution < 1.29 is 19.7 Å². The fourth-order valence-electron chi connectivity index (χ4n) is 3.29. The minimum atomic E-state index is -0.825. The Kier molecular flexibility index (Phi) is 5.85. The molecule has 1 fully saturated rings. The van der Waals surface area contributed by atoms with Gasteiger partial charge in [0.1, 0.15) is 0 Å². The maximum absolute atomic E-state index is 11.6. The summed E-state index contributed by atoms with van der Waals surface area (Å²) in [5, 5.41) is 22.6. The summed E-state index contributed by atoms with van der Waals surface area (Å²) >= 11 is 0. The topological polar surface area (TPSA) is 91.7 Å². The molecule has 6 nitrogen and oxygen atoms in total. The minimum Gasteiger partial charge on any atom is -0.481 e. The number of hydrogen-bond acceptors (Lipinski definition) is 5. The average molecular weight is 356 g/mol. The lowest BCUT2D eigenvalue weighted by Crippen LogP contribution is -2.29. The number of carboxylic acid groups (broad SMARTS) is 1. The highest BCUT2D eigenvalue weighted by Crippen LogP contribution is 2.48. The number of aliphatic hydroxyl groups excluding tert-OH is 1. The number of pyridine rings is 1. The highest BCUT2D eigenvalue weighted by molar-refractivity contribution is 5.77. The maximum Gasteiger partial charge on any atom is 0.308 e. The first-order valence-electron chi connectivity index (χ1n) is 8.89. The number of hydrogen-bond donors (Lipinski definition) is 3. The first-order valence-corrected chi connectivity index (χ1v) is 8.89. The third-order valence-corrected chi connectivity index (χ3v) is 4.68. The average Bonchev–Trinajstić information content (AvgIpc) is 3.40. The third-order valence-electron chi connectivity index (χ3n) is 4.68. The van der Waals surface area contributed by atoms with Gasteiger partial charge in [-0.3, -0.25) is 4.79 Å². The quantitative estimate of drug-likeness (QED) is 0.639. The van der Waals surface area contributed by atoms with E-state index in [0.717, 1.165) is 17.5 Å². The van der Waals surface area contributed by atoms with Crippen LogP contribution < -0.4 is 10.1 Å². The molecule has 1 aliphatic rings. The summed E-state index contributed by atoms with van der Waals surface area (Å²) in [6.45, 7) is 2.49. The highest BCUT2D eigenvalue weighted by Gasteiger charge is 2.56. The Bertz CT molecular complexity index is 720. The SMILES string of the molecule is CCCOc1ccc([C@H](CO)NC2[C@H](C(=O)O)[C@H]2c2ccccc2)cn1. The van der Waals surface area contributed by atoms with Crippen molar-refractivity contribution in [3.05, 3.63) is 59.8 Å². The number of nitrogens with zero attached hydrogens (tertiary/aromatic N) is 1. The van der Waals surface area contributed by atoms with Crippen LogP contribution in [0.4, 0.5) is 0 Å². The Balaban J connectivity index is 1.70. The molecule has 138 valence electrons. The Morgan fingerprint density at radius 1 is 1.27 bits per heavy atom. The second-order valence-electron chi connectivity index (χ2n) is 6.51. The van der Waals surface area contributed by atoms with E-state index in [0.29, 0.717) is 12.5 Å². The fourth-order valence-corrected chi connectivity index (χ4v) is 3.29. The van der Waals surface area contributed by atoms with E-state index in [4.69, 9.17) is 4.74 Å². The molecule has 1 heterocycles. The number of benzene rings is 1. The van der Waals surface area contributed by atoms with Crippen LogP contribution in [0.3, 0.4) is 0 Å². The number of rotatable bonds is 9. The largest absolute Gasteiger partial charge is 0.481 e. The first kappa shape index (κ1) is 18.4.